The average Bonchev–Trinajstić information content (AvgIpc) is 3.24. The Balaban J connectivity index is 1.75. The number of nitrogens with zero attached hydrogens (tertiary/aromatic N) is 4. The number of benzene rings is 2. The smallest absolute Gasteiger partial charge is 0.250 e. The van der Waals surface area contributed by atoms with Gasteiger partial charge in [0.25, 0.3) is 5.89 Å². The number of aryl methyl sites for hydroxylation is 3. The summed E-state index contributed by atoms with van der Waals surface area (Å²) in [6.45, 7) is 5.65. The molecule has 0 spiro atoms. The van der Waals surface area contributed by atoms with Crippen molar-refractivity contribution in [2.75, 3.05) is 0 Å². The van der Waals surface area contributed by atoms with E-state index >= 15 is 0 Å². The molecule has 0 aliphatic rings. The predicted molar refractivity (Wildman–Crippen MR) is 96.5 cm³/mol. The summed E-state index contributed by atoms with van der Waals surface area (Å²) in [6, 6.07) is 12.9. The lowest BCUT2D eigenvalue weighted by Crippen LogP contribution is -1.98. The second kappa shape index (κ2) is 6.22. The van der Waals surface area contributed by atoms with E-state index < -0.39 is 5.82 Å². The van der Waals surface area contributed by atoms with Crippen LogP contribution in [0.15, 0.2) is 53.1 Å². The van der Waals surface area contributed by atoms with Crippen LogP contribution in [0.25, 0.3) is 28.3 Å². The van der Waals surface area contributed by atoms with Crippen LogP contribution < -0.4 is 0 Å². The van der Waals surface area contributed by atoms with E-state index in [1.54, 1.807) is 13.0 Å². The normalized spacial score (nSPS) is 11.1. The van der Waals surface area contributed by atoms with Crippen LogP contribution in [0.1, 0.15) is 17.1 Å². The summed E-state index contributed by atoms with van der Waals surface area (Å²) in [5, 5.41) is 12.1. The van der Waals surface area contributed by atoms with Crippen molar-refractivity contribution in [2.24, 2.45) is 0 Å². The van der Waals surface area contributed by atoms with Gasteiger partial charge in [0.1, 0.15) is 5.82 Å². The molecule has 0 saturated heterocycles. The van der Waals surface area contributed by atoms with Crippen LogP contribution in [0.3, 0.4) is 0 Å². The van der Waals surface area contributed by atoms with E-state index in [1.807, 2.05) is 55.1 Å². The highest BCUT2D eigenvalue weighted by atomic mass is 19.1. The Morgan fingerprint density at radius 1 is 0.923 bits per heavy atom. The van der Waals surface area contributed by atoms with Gasteiger partial charge in [0.05, 0.1) is 16.9 Å². The number of halogens is 1. The second-order valence-corrected chi connectivity index (χ2v) is 6.22. The molecule has 0 aliphatic heterocycles. The van der Waals surface area contributed by atoms with E-state index in [1.165, 1.54) is 6.07 Å². The second-order valence-electron chi connectivity index (χ2n) is 6.22. The Kier molecular flexibility index (Phi) is 3.88. The van der Waals surface area contributed by atoms with Crippen molar-refractivity contribution in [3.05, 3.63) is 71.6 Å². The van der Waals surface area contributed by atoms with E-state index in [2.05, 4.69) is 15.3 Å². The van der Waals surface area contributed by atoms with Gasteiger partial charge in [-0.15, -0.1) is 10.2 Å². The summed E-state index contributed by atoms with van der Waals surface area (Å²) in [6.07, 6.45) is 1.92. The minimum absolute atomic E-state index is 0.183. The highest BCUT2D eigenvalue weighted by Crippen LogP contribution is 2.29. The summed E-state index contributed by atoms with van der Waals surface area (Å²) in [7, 11) is 0. The van der Waals surface area contributed by atoms with E-state index in [0.29, 0.717) is 11.5 Å². The van der Waals surface area contributed by atoms with Crippen LogP contribution >= 0.6 is 0 Å². The molecule has 6 heteroatoms. The molecule has 0 bridgehead atoms. The fourth-order valence-corrected chi connectivity index (χ4v) is 2.86. The van der Waals surface area contributed by atoms with Crippen LogP contribution in [-0.2, 0) is 0 Å². The Morgan fingerprint density at radius 2 is 1.69 bits per heavy atom. The molecule has 4 aromatic rings. The largest absolute Gasteiger partial charge is 0.421 e. The molecule has 0 aliphatic carbocycles. The van der Waals surface area contributed by atoms with Crippen molar-refractivity contribution in [2.45, 2.75) is 20.8 Å². The summed E-state index contributed by atoms with van der Waals surface area (Å²) in [5.74, 6) is 0.188. The zero-order valence-corrected chi connectivity index (χ0v) is 14.7. The van der Waals surface area contributed by atoms with Crippen LogP contribution in [0, 0.1) is 26.6 Å². The zero-order chi connectivity index (χ0) is 18.3. The van der Waals surface area contributed by atoms with Gasteiger partial charge >= 0.3 is 0 Å². The minimum Gasteiger partial charge on any atom is -0.421 e. The van der Waals surface area contributed by atoms with Gasteiger partial charge in [-0.05, 0) is 54.8 Å². The SMILES string of the molecule is Cc1ccn(-c2cc(-c3ccc(-c4nnc(C)o4)c(F)c3)ccc2C)n1. The Labute approximate surface area is 150 Å². The van der Waals surface area contributed by atoms with Crippen molar-refractivity contribution in [3.63, 3.8) is 0 Å². The fourth-order valence-electron chi connectivity index (χ4n) is 2.86. The molecule has 2 aromatic heterocycles. The summed E-state index contributed by atoms with van der Waals surface area (Å²) in [4.78, 5) is 0. The highest BCUT2D eigenvalue weighted by molar-refractivity contribution is 5.70. The quantitative estimate of drug-likeness (QED) is 0.540. The lowest BCUT2D eigenvalue weighted by Gasteiger charge is -2.10. The summed E-state index contributed by atoms with van der Waals surface area (Å²) >= 11 is 0. The van der Waals surface area contributed by atoms with E-state index in [-0.39, 0.29) is 5.89 Å². The first-order chi connectivity index (χ1) is 12.5. The maximum Gasteiger partial charge on any atom is 0.250 e. The third-order valence-corrected chi connectivity index (χ3v) is 4.24. The molecule has 0 atom stereocenters. The van der Waals surface area contributed by atoms with Gasteiger partial charge < -0.3 is 4.42 Å². The van der Waals surface area contributed by atoms with Gasteiger partial charge in [-0.3, -0.25) is 0 Å². The van der Waals surface area contributed by atoms with Crippen molar-refractivity contribution in [3.8, 4) is 28.3 Å². The lowest BCUT2D eigenvalue weighted by molar-refractivity contribution is 0.526. The van der Waals surface area contributed by atoms with Crippen LogP contribution in [0.2, 0.25) is 0 Å². The molecule has 4 rings (SSSR count). The number of hydrogen-bond acceptors (Lipinski definition) is 4. The van der Waals surface area contributed by atoms with Gasteiger partial charge in [-0.1, -0.05) is 18.2 Å². The Hall–Kier alpha value is -3.28. The average molecular weight is 348 g/mol. The fraction of sp³-hybridized carbons (Fsp3) is 0.150. The van der Waals surface area contributed by atoms with Crippen LogP contribution in [0.5, 0.6) is 0 Å². The topological polar surface area (TPSA) is 56.7 Å². The molecule has 0 radical (unpaired) electrons. The first-order valence-corrected chi connectivity index (χ1v) is 8.25. The van der Waals surface area contributed by atoms with Gasteiger partial charge in [0.2, 0.25) is 5.89 Å². The molecule has 0 unspecified atom stereocenters. The molecular formula is C20H17FN4O. The molecule has 2 heterocycles. The molecular weight excluding hydrogens is 331 g/mol. The van der Waals surface area contributed by atoms with Crippen molar-refractivity contribution >= 4 is 0 Å². The third kappa shape index (κ3) is 2.90. The molecule has 130 valence electrons. The first-order valence-electron chi connectivity index (χ1n) is 8.25. The Morgan fingerprint density at radius 3 is 2.35 bits per heavy atom. The van der Waals surface area contributed by atoms with Gasteiger partial charge in [-0.25, -0.2) is 9.07 Å². The van der Waals surface area contributed by atoms with E-state index in [4.69, 9.17) is 4.42 Å². The molecule has 26 heavy (non-hydrogen) atoms. The molecule has 0 saturated carbocycles. The van der Waals surface area contributed by atoms with Crippen molar-refractivity contribution < 1.29 is 8.81 Å². The summed E-state index contributed by atoms with van der Waals surface area (Å²) in [5.41, 5.74) is 4.98. The maximum absolute atomic E-state index is 14.6. The molecule has 5 nitrogen and oxygen atoms in total. The maximum atomic E-state index is 14.6. The standard InChI is InChI=1S/C20H17FN4O/c1-12-4-5-16(11-19(12)25-9-8-13(2)24-25)15-6-7-17(18(21)10-15)20-23-22-14(3)26-20/h4-11H,1-3H3. The summed E-state index contributed by atoms with van der Waals surface area (Å²) < 4.78 is 21.7. The third-order valence-electron chi connectivity index (χ3n) is 4.24. The van der Waals surface area contributed by atoms with Gasteiger partial charge in [-0.2, -0.15) is 5.10 Å². The van der Waals surface area contributed by atoms with Gasteiger partial charge in [0, 0.05) is 13.1 Å². The monoisotopic (exact) mass is 348 g/mol. The van der Waals surface area contributed by atoms with Crippen molar-refractivity contribution in [1.82, 2.24) is 20.0 Å². The lowest BCUT2D eigenvalue weighted by atomic mass is 10.0. The molecule has 0 amide bonds. The van der Waals surface area contributed by atoms with E-state index in [9.17, 15) is 4.39 Å². The van der Waals surface area contributed by atoms with Crippen LogP contribution in [0.4, 0.5) is 4.39 Å². The zero-order valence-electron chi connectivity index (χ0n) is 14.7. The number of aromatic nitrogens is 4. The Bertz CT molecular complexity index is 1100. The van der Waals surface area contributed by atoms with Crippen molar-refractivity contribution in [1.29, 1.82) is 0 Å². The predicted octanol–water partition coefficient (Wildman–Crippen LogP) is 4.65. The molecule has 0 N–H and O–H groups in total. The highest BCUT2D eigenvalue weighted by Gasteiger charge is 2.13. The molecule has 0 fully saturated rings. The van der Waals surface area contributed by atoms with Crippen LogP contribution in [-0.4, -0.2) is 20.0 Å². The molecule has 2 aromatic carbocycles. The minimum atomic E-state index is -0.400. The first kappa shape index (κ1) is 16.2. The number of hydrogen-bond donors (Lipinski definition) is 0. The number of rotatable bonds is 3. The van der Waals surface area contributed by atoms with E-state index in [0.717, 1.165) is 28.1 Å². The van der Waals surface area contributed by atoms with Gasteiger partial charge in [0.15, 0.2) is 0 Å².